The molecule has 0 spiro atoms. The smallest absolute Gasteiger partial charge is 0.296 e. The number of pyridine rings is 2. The van der Waals surface area contributed by atoms with Gasteiger partial charge in [-0.3, -0.25) is 14.6 Å². The molecule has 0 bridgehead atoms. The first kappa shape index (κ1) is 20.1. The molecule has 1 N–H and O–H groups in total. The molecule has 8 heteroatoms. The summed E-state index contributed by atoms with van der Waals surface area (Å²) in [5.41, 5.74) is 2.06. The van der Waals surface area contributed by atoms with Crippen molar-refractivity contribution in [3.05, 3.63) is 88.4 Å². The zero-order chi connectivity index (χ0) is 21.3. The van der Waals surface area contributed by atoms with E-state index in [1.807, 2.05) is 41.8 Å². The van der Waals surface area contributed by atoms with Gasteiger partial charge in [0.15, 0.2) is 0 Å². The third-order valence-corrected chi connectivity index (χ3v) is 5.40. The van der Waals surface area contributed by atoms with Crippen LogP contribution in [0, 0.1) is 0 Å². The fourth-order valence-electron chi connectivity index (χ4n) is 3.27. The average Bonchev–Trinajstić information content (AvgIpc) is 3.15. The van der Waals surface area contributed by atoms with E-state index in [0.717, 1.165) is 5.56 Å². The molecule has 0 aliphatic carbocycles. The fourth-order valence-corrected chi connectivity index (χ4v) is 3.73. The maximum Gasteiger partial charge on any atom is 0.296 e. The van der Waals surface area contributed by atoms with Crippen LogP contribution in [-0.4, -0.2) is 26.2 Å². The molecule has 4 aromatic rings. The van der Waals surface area contributed by atoms with E-state index in [0.29, 0.717) is 11.0 Å². The zero-order valence-corrected chi connectivity index (χ0v) is 17.4. The van der Waals surface area contributed by atoms with Gasteiger partial charge in [0.2, 0.25) is 0 Å². The standard InChI is InChI=1S/C22H16Cl2N4O2/c1-13(14-6-3-2-4-7-14)28-12-16(15-8-5-9-26-21(15)28)20(29)22(30)27-19-17(23)10-25-11-18(19)24/h2-13H,1H3,(H,25,27,30). The highest BCUT2D eigenvalue weighted by Gasteiger charge is 2.25. The van der Waals surface area contributed by atoms with Crippen LogP contribution in [0.3, 0.4) is 0 Å². The molecule has 1 amide bonds. The Hall–Kier alpha value is -3.22. The number of fused-ring (bicyclic) bond motifs is 1. The summed E-state index contributed by atoms with van der Waals surface area (Å²) in [6.45, 7) is 2.01. The van der Waals surface area contributed by atoms with Gasteiger partial charge in [-0.2, -0.15) is 0 Å². The van der Waals surface area contributed by atoms with Crippen molar-refractivity contribution in [3.63, 3.8) is 0 Å². The maximum atomic E-state index is 13.0. The number of rotatable bonds is 5. The lowest BCUT2D eigenvalue weighted by atomic mass is 10.1. The largest absolute Gasteiger partial charge is 0.325 e. The van der Waals surface area contributed by atoms with Crippen molar-refractivity contribution in [2.75, 3.05) is 5.32 Å². The normalized spacial score (nSPS) is 12.0. The number of hydrogen-bond acceptors (Lipinski definition) is 4. The van der Waals surface area contributed by atoms with Crippen LogP contribution in [0.4, 0.5) is 5.69 Å². The lowest BCUT2D eigenvalue weighted by molar-refractivity contribution is -0.112. The molecule has 0 saturated heterocycles. The van der Waals surface area contributed by atoms with E-state index in [1.54, 1.807) is 24.5 Å². The van der Waals surface area contributed by atoms with E-state index >= 15 is 0 Å². The highest BCUT2D eigenvalue weighted by atomic mass is 35.5. The van der Waals surface area contributed by atoms with E-state index in [2.05, 4.69) is 15.3 Å². The molecule has 0 fully saturated rings. The van der Waals surface area contributed by atoms with Crippen LogP contribution in [0.15, 0.2) is 67.3 Å². The van der Waals surface area contributed by atoms with Crippen LogP contribution < -0.4 is 5.32 Å². The maximum absolute atomic E-state index is 13.0. The number of ketones is 1. The second-order valence-corrected chi connectivity index (χ2v) is 7.49. The van der Waals surface area contributed by atoms with E-state index < -0.39 is 11.7 Å². The molecular formula is C22H16Cl2N4O2. The van der Waals surface area contributed by atoms with E-state index in [-0.39, 0.29) is 27.3 Å². The van der Waals surface area contributed by atoms with Gasteiger partial charge in [-0.1, -0.05) is 53.5 Å². The van der Waals surface area contributed by atoms with Crippen LogP contribution in [0.2, 0.25) is 10.0 Å². The molecule has 0 aliphatic rings. The summed E-state index contributed by atoms with van der Waals surface area (Å²) in [5, 5.41) is 3.37. The number of nitrogens with one attached hydrogen (secondary N) is 1. The SMILES string of the molecule is CC(c1ccccc1)n1cc(C(=O)C(=O)Nc2c(Cl)cncc2Cl)c2cccnc21. The van der Waals surface area contributed by atoms with Crippen molar-refractivity contribution in [3.8, 4) is 0 Å². The summed E-state index contributed by atoms with van der Waals surface area (Å²) in [4.78, 5) is 34.0. The first-order valence-electron chi connectivity index (χ1n) is 9.12. The summed E-state index contributed by atoms with van der Waals surface area (Å²) in [6.07, 6.45) is 5.99. The van der Waals surface area contributed by atoms with Gasteiger partial charge >= 0.3 is 0 Å². The van der Waals surface area contributed by atoms with Crippen molar-refractivity contribution < 1.29 is 9.59 Å². The average molecular weight is 439 g/mol. The molecule has 3 aromatic heterocycles. The second-order valence-electron chi connectivity index (χ2n) is 6.67. The summed E-state index contributed by atoms with van der Waals surface area (Å²) >= 11 is 12.1. The van der Waals surface area contributed by atoms with Gasteiger partial charge in [-0.25, -0.2) is 4.98 Å². The summed E-state index contributed by atoms with van der Waals surface area (Å²) in [5.74, 6) is -1.56. The number of hydrogen-bond donors (Lipinski definition) is 1. The Balaban J connectivity index is 1.72. The Kier molecular flexibility index (Phi) is 5.53. The number of amides is 1. The minimum absolute atomic E-state index is 0.0858. The quantitative estimate of drug-likeness (QED) is 0.344. The van der Waals surface area contributed by atoms with Crippen LogP contribution >= 0.6 is 23.2 Å². The monoisotopic (exact) mass is 438 g/mol. The minimum Gasteiger partial charge on any atom is -0.325 e. The molecule has 30 heavy (non-hydrogen) atoms. The van der Waals surface area contributed by atoms with Gasteiger partial charge < -0.3 is 9.88 Å². The minimum atomic E-state index is -0.847. The lowest BCUT2D eigenvalue weighted by Crippen LogP contribution is -2.23. The van der Waals surface area contributed by atoms with Crippen molar-refractivity contribution in [2.24, 2.45) is 0 Å². The lowest BCUT2D eigenvalue weighted by Gasteiger charge is -2.15. The highest BCUT2D eigenvalue weighted by Crippen LogP contribution is 2.30. The van der Waals surface area contributed by atoms with Gasteiger partial charge in [-0.15, -0.1) is 0 Å². The number of carbonyl (C=O) groups excluding carboxylic acids is 2. The number of benzene rings is 1. The van der Waals surface area contributed by atoms with Crippen LogP contribution in [0.1, 0.15) is 28.9 Å². The Bertz CT molecular complexity index is 1230. The Morgan fingerprint density at radius 1 is 1.03 bits per heavy atom. The Morgan fingerprint density at radius 2 is 1.73 bits per heavy atom. The molecule has 1 atom stereocenters. The van der Waals surface area contributed by atoms with Crippen molar-refractivity contribution in [1.29, 1.82) is 0 Å². The topological polar surface area (TPSA) is 76.9 Å². The number of nitrogens with zero attached hydrogens (tertiary/aromatic N) is 3. The van der Waals surface area contributed by atoms with Gasteiger partial charge in [0.1, 0.15) is 5.65 Å². The molecule has 150 valence electrons. The van der Waals surface area contributed by atoms with Crippen molar-refractivity contribution in [2.45, 2.75) is 13.0 Å². The van der Waals surface area contributed by atoms with Gasteiger partial charge in [0.25, 0.3) is 11.7 Å². The van der Waals surface area contributed by atoms with E-state index in [1.165, 1.54) is 12.4 Å². The third kappa shape index (κ3) is 3.67. The third-order valence-electron chi connectivity index (χ3n) is 4.83. The van der Waals surface area contributed by atoms with E-state index in [9.17, 15) is 9.59 Å². The molecular weight excluding hydrogens is 423 g/mol. The summed E-state index contributed by atoms with van der Waals surface area (Å²) < 4.78 is 1.89. The van der Waals surface area contributed by atoms with Crippen LogP contribution in [-0.2, 0) is 4.79 Å². The number of anilines is 1. The Labute approximate surface area is 182 Å². The summed E-state index contributed by atoms with van der Waals surface area (Å²) in [6, 6.07) is 13.3. The molecule has 0 radical (unpaired) electrons. The molecule has 6 nitrogen and oxygen atoms in total. The molecule has 0 aliphatic heterocycles. The number of aromatic nitrogens is 3. The second kappa shape index (κ2) is 8.26. The van der Waals surface area contributed by atoms with Gasteiger partial charge in [0.05, 0.1) is 27.3 Å². The van der Waals surface area contributed by atoms with Crippen molar-refractivity contribution >= 4 is 51.6 Å². The van der Waals surface area contributed by atoms with Crippen LogP contribution in [0.25, 0.3) is 11.0 Å². The van der Waals surface area contributed by atoms with E-state index in [4.69, 9.17) is 23.2 Å². The molecule has 1 unspecified atom stereocenters. The summed E-state index contributed by atoms with van der Waals surface area (Å²) in [7, 11) is 0. The molecule has 4 rings (SSSR count). The predicted molar refractivity (Wildman–Crippen MR) is 117 cm³/mol. The number of Topliss-reactive ketones (excluding diaryl/α,β-unsaturated/α-hetero) is 1. The molecule has 3 heterocycles. The predicted octanol–water partition coefficient (Wildman–Crippen LogP) is 5.17. The first-order valence-corrected chi connectivity index (χ1v) is 9.88. The van der Waals surface area contributed by atoms with Gasteiger partial charge in [0, 0.05) is 30.2 Å². The highest BCUT2D eigenvalue weighted by molar-refractivity contribution is 6.50. The Morgan fingerprint density at radius 3 is 2.43 bits per heavy atom. The van der Waals surface area contributed by atoms with Crippen molar-refractivity contribution in [1.82, 2.24) is 14.5 Å². The number of carbonyl (C=O) groups is 2. The molecule has 1 aromatic carbocycles. The van der Waals surface area contributed by atoms with Crippen LogP contribution in [0.5, 0.6) is 0 Å². The number of halogens is 2. The fraction of sp³-hybridized carbons (Fsp3) is 0.0909. The van der Waals surface area contributed by atoms with Gasteiger partial charge in [-0.05, 0) is 24.6 Å². The molecule has 0 saturated carbocycles. The first-order chi connectivity index (χ1) is 14.5. The zero-order valence-electron chi connectivity index (χ0n) is 15.8.